The third kappa shape index (κ3) is 7.34. The van der Waals surface area contributed by atoms with Gasteiger partial charge >= 0.3 is 24.3 Å². The van der Waals surface area contributed by atoms with Crippen LogP contribution in [0.25, 0.3) is 22.4 Å². The number of rotatable bonds is 13. The lowest BCUT2D eigenvalue weighted by atomic mass is 9.92. The smallest absolute Gasteiger partial charge is 0.432 e. The van der Waals surface area contributed by atoms with E-state index in [9.17, 15) is 46.0 Å². The summed E-state index contributed by atoms with van der Waals surface area (Å²) in [4.78, 5) is 43.4. The van der Waals surface area contributed by atoms with Crippen LogP contribution in [0, 0.1) is 17.0 Å². The Hall–Kier alpha value is -5.52. The van der Waals surface area contributed by atoms with E-state index >= 15 is 0 Å². The van der Waals surface area contributed by atoms with Crippen LogP contribution in [0.15, 0.2) is 97.1 Å². The van der Waals surface area contributed by atoms with Crippen molar-refractivity contribution in [2.24, 2.45) is 0 Å². The molecule has 0 saturated carbocycles. The number of carbonyl (C=O) groups is 2. The zero-order valence-corrected chi connectivity index (χ0v) is 29.7. The number of ether oxygens (including phenoxy) is 4. The molecule has 0 fully saturated rings. The predicted octanol–water partition coefficient (Wildman–Crippen LogP) is 8.24. The molecule has 0 aliphatic carbocycles. The van der Waals surface area contributed by atoms with E-state index in [0.29, 0.717) is 19.8 Å². The summed E-state index contributed by atoms with van der Waals surface area (Å²) in [6.45, 7) is -0.411. The second-order valence-electron chi connectivity index (χ2n) is 12.0. The Morgan fingerprint density at radius 2 is 1.33 bits per heavy atom. The predicted molar refractivity (Wildman–Crippen MR) is 185 cm³/mol. The molecule has 1 heterocycles. The Labute approximate surface area is 313 Å². The van der Waals surface area contributed by atoms with Gasteiger partial charge in [0.25, 0.3) is 16.9 Å². The molecule has 18 heteroatoms. The topological polar surface area (TPSA) is 132 Å². The molecule has 0 spiro atoms. The summed E-state index contributed by atoms with van der Waals surface area (Å²) in [6.07, 6.45) is -12.9. The van der Waals surface area contributed by atoms with Crippen LogP contribution in [0.2, 0.25) is 5.02 Å². The first-order valence-corrected chi connectivity index (χ1v) is 16.4. The minimum Gasteiger partial charge on any atom is -0.459 e. The van der Waals surface area contributed by atoms with E-state index in [1.165, 1.54) is 65.2 Å². The lowest BCUT2D eigenvalue weighted by Gasteiger charge is -2.35. The average Bonchev–Trinajstić information content (AvgIpc) is 3.50. The van der Waals surface area contributed by atoms with E-state index in [-0.39, 0.29) is 27.4 Å². The third-order valence-electron chi connectivity index (χ3n) is 8.80. The van der Waals surface area contributed by atoms with Crippen molar-refractivity contribution in [2.75, 3.05) is 20.8 Å². The number of alkyl halides is 6. The zero-order chi connectivity index (χ0) is 40.3. The van der Waals surface area contributed by atoms with Crippen LogP contribution < -0.4 is 0 Å². The molecule has 0 N–H and O–H groups in total. The van der Waals surface area contributed by atoms with Crippen molar-refractivity contribution >= 4 is 40.3 Å². The van der Waals surface area contributed by atoms with Crippen molar-refractivity contribution in [3.8, 4) is 11.4 Å². The van der Waals surface area contributed by atoms with Crippen LogP contribution in [0.1, 0.15) is 16.7 Å². The van der Waals surface area contributed by atoms with Gasteiger partial charge in [0, 0.05) is 25.3 Å². The molecule has 3 atom stereocenters. The van der Waals surface area contributed by atoms with E-state index in [0.717, 1.165) is 24.3 Å². The minimum atomic E-state index is -5.47. The molecule has 1 aromatic heterocycles. The molecule has 2 unspecified atom stereocenters. The normalized spacial score (nSPS) is 14.8. The highest BCUT2D eigenvalue weighted by atomic mass is 35.5. The lowest BCUT2D eigenvalue weighted by Crippen LogP contribution is -2.54. The fourth-order valence-corrected chi connectivity index (χ4v) is 6.41. The van der Waals surface area contributed by atoms with Crippen molar-refractivity contribution in [2.45, 2.75) is 43.1 Å². The SMILES string of the molecule is COC(C(=O)OCC(Cn1c(-c2cccc(Cl)c2[N+](=O)[O-])nc2c(C)cccc21)OC(=O)[C@](OC)(c1ccccc1)C(F)(F)F)(c1ccccc1)C(F)(F)F. The van der Waals surface area contributed by atoms with Gasteiger partial charge < -0.3 is 23.5 Å². The number of fused-ring (bicyclic) bond motifs is 1. The van der Waals surface area contributed by atoms with Gasteiger partial charge in [0.1, 0.15) is 17.5 Å². The third-order valence-corrected chi connectivity index (χ3v) is 9.10. The van der Waals surface area contributed by atoms with Crippen LogP contribution in [0.5, 0.6) is 0 Å². The van der Waals surface area contributed by atoms with Crippen LogP contribution >= 0.6 is 11.6 Å². The number of para-hydroxylation sites is 2. The number of hydrogen-bond acceptors (Lipinski definition) is 9. The summed E-state index contributed by atoms with van der Waals surface area (Å²) in [5.74, 6) is -4.29. The first kappa shape index (κ1) is 40.7. The highest BCUT2D eigenvalue weighted by Gasteiger charge is 2.65. The Morgan fingerprint density at radius 3 is 1.84 bits per heavy atom. The first-order valence-electron chi connectivity index (χ1n) is 16.1. The number of aromatic nitrogens is 2. The number of aryl methyl sites for hydroxylation is 1. The highest BCUT2D eigenvalue weighted by Crippen LogP contribution is 2.45. The van der Waals surface area contributed by atoms with Crippen LogP contribution in [-0.2, 0) is 46.3 Å². The maximum atomic E-state index is 14.9. The number of methoxy groups -OCH3 is 2. The van der Waals surface area contributed by atoms with Crippen LogP contribution in [0.3, 0.4) is 0 Å². The molecule has 0 bridgehead atoms. The maximum absolute atomic E-state index is 14.9. The van der Waals surface area contributed by atoms with E-state index in [4.69, 9.17) is 30.5 Å². The maximum Gasteiger partial charge on any atom is 0.432 e. The highest BCUT2D eigenvalue weighted by molar-refractivity contribution is 6.33. The number of imidazole rings is 1. The van der Waals surface area contributed by atoms with Gasteiger partial charge in [-0.15, -0.1) is 0 Å². The van der Waals surface area contributed by atoms with Crippen molar-refractivity contribution in [1.82, 2.24) is 9.55 Å². The Morgan fingerprint density at radius 1 is 0.800 bits per heavy atom. The standard InChI is InChI=1S/C37H30ClF6N3O8/c1-22-12-10-19-28-29(22)45-31(26-17-11-18-27(38)30(26)47(50)51)46(28)20-25(55-33(49)35(53-3,37(42,43)44)24-15-8-5-9-16-24)21-54-32(48)34(52-2,36(39,40)41)23-13-6-4-7-14-23/h4-19,25H,20-21H2,1-3H3/t25?,34?,35-/m1/s1. The largest absolute Gasteiger partial charge is 0.459 e. The van der Waals surface area contributed by atoms with Gasteiger partial charge in [-0.25, -0.2) is 14.6 Å². The summed E-state index contributed by atoms with van der Waals surface area (Å²) >= 11 is 6.20. The monoisotopic (exact) mass is 793 g/mol. The summed E-state index contributed by atoms with van der Waals surface area (Å²) in [5, 5.41) is 11.9. The summed E-state index contributed by atoms with van der Waals surface area (Å²) in [5.41, 5.74) is -8.65. The van der Waals surface area contributed by atoms with E-state index in [1.807, 2.05) is 0 Å². The lowest BCUT2D eigenvalue weighted by molar-refractivity contribution is -0.384. The average molecular weight is 794 g/mol. The number of hydrogen-bond donors (Lipinski definition) is 0. The molecule has 5 aromatic rings. The quantitative estimate of drug-likeness (QED) is 0.0501. The molecule has 0 amide bonds. The number of benzene rings is 4. The number of nitro groups is 1. The number of halogens is 7. The molecule has 5 rings (SSSR count). The Balaban J connectivity index is 1.68. The molecule has 290 valence electrons. The second kappa shape index (κ2) is 15.7. The molecular formula is C37H30ClF6N3O8. The van der Waals surface area contributed by atoms with Gasteiger partial charge in [-0.3, -0.25) is 10.1 Å². The molecular weight excluding hydrogens is 764 g/mol. The number of nitrogens with zero attached hydrogens (tertiary/aromatic N) is 3. The minimum absolute atomic E-state index is 0.166. The molecule has 11 nitrogen and oxygen atoms in total. The fraction of sp³-hybridized carbons (Fsp3) is 0.270. The van der Waals surface area contributed by atoms with Crippen molar-refractivity contribution < 1.29 is 59.8 Å². The number of carbonyl (C=O) groups excluding carboxylic acids is 2. The molecule has 0 aliphatic rings. The van der Waals surface area contributed by atoms with Crippen molar-refractivity contribution in [3.05, 3.63) is 129 Å². The molecule has 4 aromatic carbocycles. The van der Waals surface area contributed by atoms with E-state index in [1.54, 1.807) is 19.1 Å². The van der Waals surface area contributed by atoms with Gasteiger partial charge in [-0.05, 0) is 30.7 Å². The Bertz CT molecular complexity index is 2200. The molecule has 0 aliphatic heterocycles. The van der Waals surface area contributed by atoms with Gasteiger partial charge in [0.05, 0.1) is 28.1 Å². The van der Waals surface area contributed by atoms with Crippen molar-refractivity contribution in [3.63, 3.8) is 0 Å². The molecule has 0 saturated heterocycles. The Kier molecular flexibility index (Phi) is 11.6. The summed E-state index contributed by atoms with van der Waals surface area (Å²) < 4.78 is 110. The number of nitro benzene ring substituents is 1. The second-order valence-corrected chi connectivity index (χ2v) is 12.4. The van der Waals surface area contributed by atoms with Crippen LogP contribution in [0.4, 0.5) is 32.0 Å². The van der Waals surface area contributed by atoms with Gasteiger partial charge in [-0.1, -0.05) is 90.5 Å². The van der Waals surface area contributed by atoms with Gasteiger partial charge in [0.15, 0.2) is 6.10 Å². The van der Waals surface area contributed by atoms with E-state index in [2.05, 4.69) is 4.98 Å². The summed E-state index contributed by atoms with van der Waals surface area (Å²) in [7, 11) is 1.22. The first-order chi connectivity index (χ1) is 25.9. The van der Waals surface area contributed by atoms with Crippen LogP contribution in [-0.4, -0.2) is 65.7 Å². The number of esters is 2. The van der Waals surface area contributed by atoms with Crippen molar-refractivity contribution in [1.29, 1.82) is 0 Å². The molecule has 55 heavy (non-hydrogen) atoms. The van der Waals surface area contributed by atoms with E-state index < -0.39 is 76.5 Å². The van der Waals surface area contributed by atoms with Gasteiger partial charge in [0.2, 0.25) is 0 Å². The zero-order valence-electron chi connectivity index (χ0n) is 29.0. The van der Waals surface area contributed by atoms with Gasteiger partial charge in [-0.2, -0.15) is 26.3 Å². The fourth-order valence-electron chi connectivity index (χ4n) is 6.17. The summed E-state index contributed by atoms with van der Waals surface area (Å²) in [6, 6.07) is 20.0. The molecule has 0 radical (unpaired) electrons.